The molecule has 402 valence electrons. The number of benzene rings is 7. The summed E-state index contributed by atoms with van der Waals surface area (Å²) in [4.78, 5) is 98.0. The number of rotatable bonds is 18. The maximum Gasteiger partial charge on any atom is 0.338 e. The van der Waals surface area contributed by atoms with Gasteiger partial charge in [-0.3, -0.25) is 0 Å². The molecular weight excluding hydrogens is 1020 g/mol. The monoisotopic (exact) mass is 1070 g/mol. The minimum Gasteiger partial charge on any atom is -0.459 e. The molecule has 18 heteroatoms. The van der Waals surface area contributed by atoms with Crippen LogP contribution < -0.4 is 0 Å². The van der Waals surface area contributed by atoms with Crippen molar-refractivity contribution in [2.24, 2.45) is 0 Å². The molecule has 0 spiro atoms. The molecule has 1 N–H and O–H groups in total. The van der Waals surface area contributed by atoms with E-state index in [9.17, 15) is 38.7 Å². The summed E-state index contributed by atoms with van der Waals surface area (Å²) in [6.45, 7) is -1.50. The molecule has 2 aliphatic rings. The number of aliphatic hydroxyl groups is 1. The van der Waals surface area contributed by atoms with E-state index in [-0.39, 0.29) is 38.9 Å². The zero-order chi connectivity index (χ0) is 55.1. The fraction of sp³-hybridized carbons (Fsp3) is 0.197. The Morgan fingerprint density at radius 3 is 0.886 bits per heavy atom. The van der Waals surface area contributed by atoms with E-state index in [0.717, 1.165) is 0 Å². The fourth-order valence-corrected chi connectivity index (χ4v) is 8.58. The Balaban J connectivity index is 1.12. The van der Waals surface area contributed by atoms with Crippen LogP contribution in [0.1, 0.15) is 72.5 Å². The van der Waals surface area contributed by atoms with Gasteiger partial charge in [0.1, 0.15) is 18.8 Å². The molecule has 2 fully saturated rings. The topological polar surface area (TPSA) is 232 Å². The Hall–Kier alpha value is -9.33. The SMILES string of the molecule is O=C(OC[C@H]1O[C@@H](OC[C@H]2O[C@H](O)[C@H](OC(=O)c3ccccc3)[C@@H](OC(=O)c3ccccc3)[C@@H]2OC(=O)c2ccccc2)[C@H](OC(=O)c2ccccc2)[C@@H](OC(=O)c2ccccc2)[C@@H]1OC(=O)c1ccccc1)c1ccccc1. The van der Waals surface area contributed by atoms with Crippen LogP contribution in [0.3, 0.4) is 0 Å². The number of ether oxygens (including phenoxy) is 10. The van der Waals surface area contributed by atoms with Gasteiger partial charge in [0.2, 0.25) is 0 Å². The van der Waals surface area contributed by atoms with Crippen LogP contribution in [-0.2, 0) is 47.4 Å². The molecule has 18 nitrogen and oxygen atoms in total. The van der Waals surface area contributed by atoms with Gasteiger partial charge in [0, 0.05) is 0 Å². The van der Waals surface area contributed by atoms with Crippen molar-refractivity contribution in [3.05, 3.63) is 251 Å². The standard InChI is InChI=1S/C61H50O18/c62-53(38-22-8-1-9-23-38)70-36-46-48(75-55(64)40-26-12-3-13-27-40)50(77-57(66)42-30-16-5-17-31-42)52(79-59(68)44-34-20-7-21-35-44)61(73-46)71-37-45-47(74-54(63)39-24-10-2-11-25-39)49(76-56(65)41-28-14-4-15-29-41)51(60(69)72-45)78-58(67)43-32-18-6-19-33-43/h1-35,45-52,60-61,69H,36-37H2/t45-,46-,47-,48-,49+,50+,51-,52-,60+,61-/m1/s1. The highest BCUT2D eigenvalue weighted by Gasteiger charge is 2.56. The van der Waals surface area contributed by atoms with Crippen molar-refractivity contribution >= 4 is 41.8 Å². The minimum atomic E-state index is -2.12. The lowest BCUT2D eigenvalue weighted by molar-refractivity contribution is -0.323. The van der Waals surface area contributed by atoms with Crippen LogP contribution in [0.5, 0.6) is 0 Å². The number of hydrogen-bond donors (Lipinski definition) is 1. The predicted octanol–water partition coefficient (Wildman–Crippen LogP) is 7.66. The van der Waals surface area contributed by atoms with Gasteiger partial charge >= 0.3 is 41.8 Å². The van der Waals surface area contributed by atoms with Crippen LogP contribution in [0, 0.1) is 0 Å². The Labute approximate surface area is 452 Å². The smallest absolute Gasteiger partial charge is 0.338 e. The summed E-state index contributed by atoms with van der Waals surface area (Å²) in [5.74, 6) is -6.63. The van der Waals surface area contributed by atoms with E-state index in [1.54, 1.807) is 127 Å². The van der Waals surface area contributed by atoms with Crippen molar-refractivity contribution in [3.8, 4) is 0 Å². The maximum atomic E-state index is 14.3. The molecule has 2 saturated heterocycles. The number of esters is 7. The van der Waals surface area contributed by atoms with Crippen LogP contribution in [0.25, 0.3) is 0 Å². The summed E-state index contributed by atoms with van der Waals surface area (Å²) < 4.78 is 61.4. The second-order valence-corrected chi connectivity index (χ2v) is 17.8. The molecule has 0 unspecified atom stereocenters. The first-order chi connectivity index (χ1) is 38.5. The van der Waals surface area contributed by atoms with Crippen molar-refractivity contribution in [3.63, 3.8) is 0 Å². The third kappa shape index (κ3) is 13.8. The highest BCUT2D eigenvalue weighted by atomic mass is 16.7. The van der Waals surface area contributed by atoms with Crippen molar-refractivity contribution in [2.45, 2.75) is 61.4 Å². The number of hydrogen-bond acceptors (Lipinski definition) is 18. The Morgan fingerprint density at radius 1 is 0.304 bits per heavy atom. The summed E-state index contributed by atoms with van der Waals surface area (Å²) in [6, 6.07) is 54.3. The molecule has 9 rings (SSSR count). The first kappa shape index (κ1) is 54.5. The zero-order valence-electron chi connectivity index (χ0n) is 41.8. The highest BCUT2D eigenvalue weighted by molar-refractivity contribution is 5.93. The second kappa shape index (κ2) is 26.1. The molecule has 0 saturated carbocycles. The second-order valence-electron chi connectivity index (χ2n) is 17.8. The first-order valence-corrected chi connectivity index (χ1v) is 24.9. The highest BCUT2D eigenvalue weighted by Crippen LogP contribution is 2.35. The Morgan fingerprint density at radius 2 is 0.557 bits per heavy atom. The predicted molar refractivity (Wildman–Crippen MR) is 276 cm³/mol. The average molecular weight is 1070 g/mol. The van der Waals surface area contributed by atoms with E-state index in [1.807, 2.05) is 0 Å². The molecule has 0 aromatic heterocycles. The Kier molecular flexibility index (Phi) is 18.0. The normalized spacial score (nSPS) is 22.4. The molecule has 7 aromatic rings. The van der Waals surface area contributed by atoms with Crippen molar-refractivity contribution in [1.82, 2.24) is 0 Å². The third-order valence-electron chi connectivity index (χ3n) is 12.5. The maximum absolute atomic E-state index is 14.3. The molecule has 0 amide bonds. The van der Waals surface area contributed by atoms with E-state index in [1.165, 1.54) is 84.9 Å². The molecule has 2 aliphatic heterocycles. The molecule has 79 heavy (non-hydrogen) atoms. The van der Waals surface area contributed by atoms with E-state index in [4.69, 9.17) is 47.4 Å². The van der Waals surface area contributed by atoms with Crippen LogP contribution in [0.15, 0.2) is 212 Å². The van der Waals surface area contributed by atoms with Crippen LogP contribution in [0.4, 0.5) is 0 Å². The Bertz CT molecular complexity index is 3170. The summed E-state index contributed by atoms with van der Waals surface area (Å²) in [5.41, 5.74) is 0.388. The van der Waals surface area contributed by atoms with Gasteiger partial charge in [-0.1, -0.05) is 127 Å². The average Bonchev–Trinajstić information content (AvgIpc) is 3.59. The zero-order valence-corrected chi connectivity index (χ0v) is 41.8. The summed E-state index contributed by atoms with van der Waals surface area (Å²) in [5, 5.41) is 11.9. The van der Waals surface area contributed by atoms with Crippen LogP contribution >= 0.6 is 0 Å². The van der Waals surface area contributed by atoms with Crippen LogP contribution in [0.2, 0.25) is 0 Å². The van der Waals surface area contributed by atoms with Crippen molar-refractivity contribution < 1.29 is 86.0 Å². The van der Waals surface area contributed by atoms with Gasteiger partial charge in [0.15, 0.2) is 49.2 Å². The lowest BCUT2D eigenvalue weighted by atomic mass is 9.96. The number of carbonyl (C=O) groups excluding carboxylic acids is 7. The fourth-order valence-electron chi connectivity index (χ4n) is 8.58. The molecule has 0 aliphatic carbocycles. The molecule has 7 aromatic carbocycles. The summed E-state index contributed by atoms with van der Waals surface area (Å²) in [6.07, 6.45) is -18.2. The van der Waals surface area contributed by atoms with Gasteiger partial charge < -0.3 is 52.5 Å². The first-order valence-electron chi connectivity index (χ1n) is 24.9. The van der Waals surface area contributed by atoms with Gasteiger partial charge in [-0.2, -0.15) is 0 Å². The number of aliphatic hydroxyl groups excluding tert-OH is 1. The third-order valence-corrected chi connectivity index (χ3v) is 12.5. The van der Waals surface area contributed by atoms with Gasteiger partial charge in [-0.05, 0) is 84.9 Å². The van der Waals surface area contributed by atoms with Gasteiger partial charge in [-0.25, -0.2) is 33.6 Å². The largest absolute Gasteiger partial charge is 0.459 e. The molecule has 10 atom stereocenters. The molecule has 2 heterocycles. The molecule has 0 radical (unpaired) electrons. The molecule has 0 bridgehead atoms. The number of carbonyl (C=O) groups is 7. The lowest BCUT2D eigenvalue weighted by Crippen LogP contribution is -2.65. The quantitative estimate of drug-likeness (QED) is 0.0642. The van der Waals surface area contributed by atoms with E-state index >= 15 is 0 Å². The van der Waals surface area contributed by atoms with E-state index in [0.29, 0.717) is 0 Å². The summed E-state index contributed by atoms with van der Waals surface area (Å²) in [7, 11) is 0. The van der Waals surface area contributed by atoms with Gasteiger partial charge in [-0.15, -0.1) is 0 Å². The van der Waals surface area contributed by atoms with Crippen molar-refractivity contribution in [2.75, 3.05) is 13.2 Å². The van der Waals surface area contributed by atoms with Gasteiger partial charge in [0.05, 0.1) is 45.6 Å². The van der Waals surface area contributed by atoms with Gasteiger partial charge in [0.25, 0.3) is 0 Å². The minimum absolute atomic E-state index is 0.0249. The van der Waals surface area contributed by atoms with E-state index < -0.39 is 116 Å². The van der Waals surface area contributed by atoms with Crippen molar-refractivity contribution in [1.29, 1.82) is 0 Å². The molecular formula is C61H50O18. The van der Waals surface area contributed by atoms with E-state index in [2.05, 4.69) is 0 Å². The van der Waals surface area contributed by atoms with Crippen LogP contribution in [-0.4, -0.2) is 122 Å². The summed E-state index contributed by atoms with van der Waals surface area (Å²) >= 11 is 0. The lowest BCUT2D eigenvalue weighted by Gasteiger charge is -2.46.